The number of likely N-dealkylation sites (N-methyl/N-ethyl adjacent to an activating group) is 1. The Balaban J connectivity index is 2.24. The summed E-state index contributed by atoms with van der Waals surface area (Å²) in [5, 5.41) is 0. The lowest BCUT2D eigenvalue weighted by atomic mass is 10.1. The van der Waals surface area contributed by atoms with Crippen LogP contribution < -0.4 is 10.6 Å². The van der Waals surface area contributed by atoms with Crippen molar-refractivity contribution in [1.29, 1.82) is 0 Å². The summed E-state index contributed by atoms with van der Waals surface area (Å²) in [6, 6.07) is 7.38. The van der Waals surface area contributed by atoms with Gasteiger partial charge in [0.15, 0.2) is 0 Å². The standard InChI is InChI=1S/C13H20FN3/c1-10-8-16(2)9-13(7-15)17(10)12-5-3-11(14)4-6-12/h3-6,10,13H,7-9,15H2,1-2H3. The predicted octanol–water partition coefficient (Wildman–Crippen LogP) is 1.29. The second-order valence-corrected chi connectivity index (χ2v) is 4.84. The summed E-state index contributed by atoms with van der Waals surface area (Å²) < 4.78 is 12.9. The van der Waals surface area contributed by atoms with Crippen molar-refractivity contribution in [2.45, 2.75) is 19.0 Å². The maximum absolute atomic E-state index is 12.9. The molecule has 2 N–H and O–H groups in total. The largest absolute Gasteiger partial charge is 0.362 e. The quantitative estimate of drug-likeness (QED) is 0.841. The topological polar surface area (TPSA) is 32.5 Å². The van der Waals surface area contributed by atoms with Gasteiger partial charge in [-0.1, -0.05) is 0 Å². The highest BCUT2D eigenvalue weighted by Gasteiger charge is 2.29. The lowest BCUT2D eigenvalue weighted by molar-refractivity contribution is 0.235. The van der Waals surface area contributed by atoms with Crippen LogP contribution in [0.25, 0.3) is 0 Å². The fourth-order valence-corrected chi connectivity index (χ4v) is 2.69. The fourth-order valence-electron chi connectivity index (χ4n) is 2.69. The molecule has 2 atom stereocenters. The molecule has 0 aromatic heterocycles. The van der Waals surface area contributed by atoms with Gasteiger partial charge >= 0.3 is 0 Å². The minimum atomic E-state index is -0.195. The predicted molar refractivity (Wildman–Crippen MR) is 68.7 cm³/mol. The van der Waals surface area contributed by atoms with Crippen LogP contribution in [0.1, 0.15) is 6.92 Å². The molecule has 2 unspecified atom stereocenters. The molecule has 1 saturated heterocycles. The number of nitrogens with zero attached hydrogens (tertiary/aromatic N) is 2. The van der Waals surface area contributed by atoms with Crippen LogP contribution in [0.2, 0.25) is 0 Å². The second-order valence-electron chi connectivity index (χ2n) is 4.84. The monoisotopic (exact) mass is 237 g/mol. The minimum Gasteiger partial charge on any atom is -0.362 e. The van der Waals surface area contributed by atoms with Gasteiger partial charge in [0.1, 0.15) is 5.82 Å². The third kappa shape index (κ3) is 2.58. The van der Waals surface area contributed by atoms with E-state index in [9.17, 15) is 4.39 Å². The van der Waals surface area contributed by atoms with Gasteiger partial charge in [-0.3, -0.25) is 0 Å². The molecule has 1 aromatic carbocycles. The maximum Gasteiger partial charge on any atom is 0.123 e. The fraction of sp³-hybridized carbons (Fsp3) is 0.538. The minimum absolute atomic E-state index is 0.195. The molecule has 0 amide bonds. The first-order valence-corrected chi connectivity index (χ1v) is 6.04. The molecule has 3 nitrogen and oxygen atoms in total. The summed E-state index contributed by atoms with van der Waals surface area (Å²) in [5.41, 5.74) is 6.90. The van der Waals surface area contributed by atoms with Crippen molar-refractivity contribution >= 4 is 5.69 Å². The number of rotatable bonds is 2. The lowest BCUT2D eigenvalue weighted by Gasteiger charge is -2.45. The molecular weight excluding hydrogens is 217 g/mol. The van der Waals surface area contributed by atoms with Gasteiger partial charge in [0.05, 0.1) is 6.04 Å². The van der Waals surface area contributed by atoms with E-state index >= 15 is 0 Å². The highest BCUT2D eigenvalue weighted by atomic mass is 19.1. The summed E-state index contributed by atoms with van der Waals surface area (Å²) >= 11 is 0. The molecule has 2 rings (SSSR count). The summed E-state index contributed by atoms with van der Waals surface area (Å²) in [6.45, 7) is 4.76. The molecule has 1 aliphatic rings. The first-order valence-electron chi connectivity index (χ1n) is 6.04. The van der Waals surface area contributed by atoms with E-state index in [1.165, 1.54) is 12.1 Å². The van der Waals surface area contributed by atoms with Gasteiger partial charge < -0.3 is 15.5 Å². The third-order valence-electron chi connectivity index (χ3n) is 3.36. The lowest BCUT2D eigenvalue weighted by Crippen LogP contribution is -2.59. The first-order chi connectivity index (χ1) is 8.11. The molecule has 0 spiro atoms. The normalized spacial score (nSPS) is 26.2. The van der Waals surface area contributed by atoms with Crippen molar-refractivity contribution < 1.29 is 4.39 Å². The Morgan fingerprint density at radius 3 is 2.53 bits per heavy atom. The smallest absolute Gasteiger partial charge is 0.123 e. The van der Waals surface area contributed by atoms with Crippen LogP contribution in [-0.4, -0.2) is 43.7 Å². The summed E-state index contributed by atoms with van der Waals surface area (Å²) in [5.74, 6) is -0.195. The molecule has 0 aliphatic carbocycles. The van der Waals surface area contributed by atoms with Crippen molar-refractivity contribution in [3.63, 3.8) is 0 Å². The van der Waals surface area contributed by atoms with E-state index in [1.807, 2.05) is 12.1 Å². The van der Waals surface area contributed by atoms with Crippen molar-refractivity contribution in [2.75, 3.05) is 31.6 Å². The van der Waals surface area contributed by atoms with Gasteiger partial charge in [-0.25, -0.2) is 4.39 Å². The number of hydrogen-bond donors (Lipinski definition) is 1. The van der Waals surface area contributed by atoms with Crippen LogP contribution in [-0.2, 0) is 0 Å². The van der Waals surface area contributed by atoms with Gasteiger partial charge in [-0.05, 0) is 38.2 Å². The van der Waals surface area contributed by atoms with Gasteiger partial charge in [0.2, 0.25) is 0 Å². The maximum atomic E-state index is 12.9. The van der Waals surface area contributed by atoms with Crippen molar-refractivity contribution in [3.8, 4) is 0 Å². The third-order valence-corrected chi connectivity index (χ3v) is 3.36. The zero-order chi connectivity index (χ0) is 12.4. The van der Waals surface area contributed by atoms with E-state index in [0.29, 0.717) is 18.6 Å². The Labute approximate surface area is 102 Å². The number of benzene rings is 1. The average Bonchev–Trinajstić information content (AvgIpc) is 2.30. The summed E-state index contributed by atoms with van der Waals surface area (Å²) in [7, 11) is 2.11. The van der Waals surface area contributed by atoms with Crippen LogP contribution in [0, 0.1) is 5.82 Å². The molecule has 0 radical (unpaired) electrons. The highest BCUT2D eigenvalue weighted by Crippen LogP contribution is 2.24. The van der Waals surface area contributed by atoms with E-state index in [0.717, 1.165) is 18.8 Å². The Morgan fingerprint density at radius 2 is 1.94 bits per heavy atom. The molecule has 17 heavy (non-hydrogen) atoms. The van der Waals surface area contributed by atoms with Gasteiger partial charge in [-0.2, -0.15) is 0 Å². The summed E-state index contributed by atoms with van der Waals surface area (Å²) in [6.07, 6.45) is 0. The van der Waals surface area contributed by atoms with E-state index in [1.54, 1.807) is 0 Å². The zero-order valence-corrected chi connectivity index (χ0v) is 10.4. The Hall–Kier alpha value is -1.13. The molecule has 1 aliphatic heterocycles. The molecule has 0 bridgehead atoms. The van der Waals surface area contributed by atoms with E-state index in [-0.39, 0.29) is 5.82 Å². The van der Waals surface area contributed by atoms with Crippen molar-refractivity contribution in [2.24, 2.45) is 5.73 Å². The zero-order valence-electron chi connectivity index (χ0n) is 10.4. The van der Waals surface area contributed by atoms with Crippen molar-refractivity contribution in [3.05, 3.63) is 30.1 Å². The number of piperazine rings is 1. The Kier molecular flexibility index (Phi) is 3.64. The molecule has 94 valence electrons. The van der Waals surface area contributed by atoms with Crippen LogP contribution >= 0.6 is 0 Å². The molecule has 1 aromatic rings. The first kappa shape index (κ1) is 12.3. The summed E-state index contributed by atoms with van der Waals surface area (Å²) in [4.78, 5) is 4.60. The average molecular weight is 237 g/mol. The number of nitrogens with two attached hydrogens (primary N) is 1. The van der Waals surface area contributed by atoms with Crippen molar-refractivity contribution in [1.82, 2.24) is 4.90 Å². The van der Waals surface area contributed by atoms with Crippen LogP contribution in [0.4, 0.5) is 10.1 Å². The number of anilines is 1. The SMILES string of the molecule is CC1CN(C)CC(CN)N1c1ccc(F)cc1. The van der Waals surface area contributed by atoms with Gasteiger partial charge in [0, 0.05) is 31.4 Å². The Morgan fingerprint density at radius 1 is 1.29 bits per heavy atom. The second kappa shape index (κ2) is 5.02. The van der Waals surface area contributed by atoms with E-state index in [4.69, 9.17) is 5.73 Å². The molecule has 1 fully saturated rings. The molecule has 0 saturated carbocycles. The highest BCUT2D eigenvalue weighted by molar-refractivity contribution is 5.49. The number of halogens is 1. The Bertz CT molecular complexity index is 365. The molecular formula is C13H20FN3. The van der Waals surface area contributed by atoms with Gasteiger partial charge in [-0.15, -0.1) is 0 Å². The van der Waals surface area contributed by atoms with Crippen LogP contribution in [0.3, 0.4) is 0 Å². The molecule has 1 heterocycles. The number of hydrogen-bond acceptors (Lipinski definition) is 3. The van der Waals surface area contributed by atoms with E-state index < -0.39 is 0 Å². The van der Waals surface area contributed by atoms with Crippen LogP contribution in [0.5, 0.6) is 0 Å². The van der Waals surface area contributed by atoms with Gasteiger partial charge in [0.25, 0.3) is 0 Å². The molecule has 4 heteroatoms. The van der Waals surface area contributed by atoms with Crippen LogP contribution in [0.15, 0.2) is 24.3 Å². The van der Waals surface area contributed by atoms with E-state index in [2.05, 4.69) is 23.8 Å².